The zero-order chi connectivity index (χ0) is 11.6. The molecule has 0 radical (unpaired) electrons. The molecule has 1 aliphatic carbocycles. The molecule has 1 aromatic rings. The van der Waals surface area contributed by atoms with Gasteiger partial charge in [-0.2, -0.15) is 0 Å². The Morgan fingerprint density at radius 1 is 1.62 bits per heavy atom. The Labute approximate surface area is 95.3 Å². The quantitative estimate of drug-likeness (QED) is 0.811. The normalized spacial score (nSPS) is 17.6. The maximum absolute atomic E-state index is 11.8. The number of carbonyl (C=O) groups is 1. The van der Waals surface area contributed by atoms with Gasteiger partial charge in [-0.1, -0.05) is 0 Å². The fourth-order valence-corrected chi connectivity index (χ4v) is 1.92. The molecule has 0 unspecified atom stereocenters. The Bertz CT molecular complexity index is 399. The van der Waals surface area contributed by atoms with Crippen molar-refractivity contribution >= 4 is 11.6 Å². The molecule has 0 aromatic carbocycles. The van der Waals surface area contributed by atoms with Crippen LogP contribution < -0.4 is 11.1 Å². The van der Waals surface area contributed by atoms with Crippen LogP contribution in [0.1, 0.15) is 31.2 Å². The second kappa shape index (κ2) is 4.22. The van der Waals surface area contributed by atoms with E-state index in [0.717, 1.165) is 30.5 Å². The van der Waals surface area contributed by atoms with Gasteiger partial charge in [-0.3, -0.25) is 9.78 Å². The maximum Gasteiger partial charge on any atom is 0.226 e. The first-order chi connectivity index (χ1) is 7.59. The highest BCUT2D eigenvalue weighted by Crippen LogP contribution is 2.32. The molecule has 1 amide bonds. The molecule has 86 valence electrons. The van der Waals surface area contributed by atoms with Crippen LogP contribution in [0, 0.1) is 6.92 Å². The molecule has 1 heterocycles. The number of aromatic nitrogens is 1. The number of nitrogens with zero attached hydrogens (tertiary/aromatic N) is 1. The summed E-state index contributed by atoms with van der Waals surface area (Å²) in [5.74, 6) is -0.0155. The molecule has 0 spiro atoms. The van der Waals surface area contributed by atoms with E-state index in [1.807, 2.05) is 13.0 Å². The molecule has 0 aliphatic heterocycles. The highest BCUT2D eigenvalue weighted by molar-refractivity contribution is 5.92. The summed E-state index contributed by atoms with van der Waals surface area (Å²) in [6, 6.07) is 1.87. The van der Waals surface area contributed by atoms with Crippen LogP contribution in [0.3, 0.4) is 0 Å². The number of anilines is 1. The zero-order valence-corrected chi connectivity index (χ0v) is 9.49. The number of carbonyl (C=O) groups excluding carboxylic acids is 1. The minimum absolute atomic E-state index is 0.0155. The third-order valence-electron chi connectivity index (χ3n) is 3.18. The van der Waals surface area contributed by atoms with Gasteiger partial charge in [-0.15, -0.1) is 0 Å². The van der Waals surface area contributed by atoms with Crippen molar-refractivity contribution in [3.05, 3.63) is 24.0 Å². The second-order valence-corrected chi connectivity index (χ2v) is 4.63. The SMILES string of the molecule is Cc1ccncc1NC(=O)CC1(N)CCC1. The standard InChI is InChI=1S/C12H17N3O/c1-9-3-6-14-8-10(9)15-11(16)7-12(13)4-2-5-12/h3,6,8H,2,4-5,7,13H2,1H3,(H,15,16). The average molecular weight is 219 g/mol. The summed E-state index contributed by atoms with van der Waals surface area (Å²) in [5.41, 5.74) is 7.55. The number of nitrogens with two attached hydrogens (primary N) is 1. The lowest BCUT2D eigenvalue weighted by Gasteiger charge is -2.37. The zero-order valence-electron chi connectivity index (χ0n) is 9.49. The van der Waals surface area contributed by atoms with Crippen LogP contribution in [0.5, 0.6) is 0 Å². The van der Waals surface area contributed by atoms with E-state index in [9.17, 15) is 4.79 Å². The van der Waals surface area contributed by atoms with Crippen molar-refractivity contribution in [3.63, 3.8) is 0 Å². The summed E-state index contributed by atoms with van der Waals surface area (Å²) in [4.78, 5) is 15.7. The van der Waals surface area contributed by atoms with E-state index in [2.05, 4.69) is 10.3 Å². The number of rotatable bonds is 3. The first-order valence-electron chi connectivity index (χ1n) is 5.58. The first kappa shape index (κ1) is 11.1. The Morgan fingerprint density at radius 2 is 2.38 bits per heavy atom. The van der Waals surface area contributed by atoms with Gasteiger partial charge < -0.3 is 11.1 Å². The molecule has 1 aliphatic rings. The number of hydrogen-bond acceptors (Lipinski definition) is 3. The summed E-state index contributed by atoms with van der Waals surface area (Å²) in [6.07, 6.45) is 6.81. The van der Waals surface area contributed by atoms with Crippen LogP contribution >= 0.6 is 0 Å². The van der Waals surface area contributed by atoms with Gasteiger partial charge in [0.15, 0.2) is 0 Å². The molecule has 3 N–H and O–H groups in total. The molecular formula is C12H17N3O. The minimum Gasteiger partial charge on any atom is -0.325 e. The van der Waals surface area contributed by atoms with Crippen molar-refractivity contribution < 1.29 is 4.79 Å². The van der Waals surface area contributed by atoms with Gasteiger partial charge in [0.05, 0.1) is 11.9 Å². The van der Waals surface area contributed by atoms with Crippen molar-refractivity contribution in [1.29, 1.82) is 0 Å². The van der Waals surface area contributed by atoms with E-state index in [-0.39, 0.29) is 11.4 Å². The fourth-order valence-electron chi connectivity index (χ4n) is 1.92. The maximum atomic E-state index is 11.8. The van der Waals surface area contributed by atoms with Crippen LogP contribution in [0.25, 0.3) is 0 Å². The molecule has 16 heavy (non-hydrogen) atoms. The lowest BCUT2D eigenvalue weighted by molar-refractivity contribution is -0.118. The van der Waals surface area contributed by atoms with Crippen LogP contribution in [0.15, 0.2) is 18.5 Å². The largest absolute Gasteiger partial charge is 0.325 e. The Morgan fingerprint density at radius 3 is 2.94 bits per heavy atom. The predicted molar refractivity (Wildman–Crippen MR) is 63.0 cm³/mol. The molecular weight excluding hydrogens is 202 g/mol. The van der Waals surface area contributed by atoms with Gasteiger partial charge in [0.1, 0.15) is 0 Å². The smallest absolute Gasteiger partial charge is 0.226 e. The molecule has 0 atom stereocenters. The van der Waals surface area contributed by atoms with Crippen molar-refractivity contribution in [1.82, 2.24) is 4.98 Å². The van der Waals surface area contributed by atoms with Crippen LogP contribution in [-0.4, -0.2) is 16.4 Å². The minimum atomic E-state index is -0.264. The van der Waals surface area contributed by atoms with Gasteiger partial charge in [0, 0.05) is 18.2 Å². The second-order valence-electron chi connectivity index (χ2n) is 4.63. The van der Waals surface area contributed by atoms with Gasteiger partial charge >= 0.3 is 0 Å². The molecule has 0 saturated heterocycles. The van der Waals surface area contributed by atoms with Crippen molar-refractivity contribution in [2.24, 2.45) is 5.73 Å². The molecule has 1 saturated carbocycles. The molecule has 1 aromatic heterocycles. The summed E-state index contributed by atoms with van der Waals surface area (Å²) in [6.45, 7) is 1.94. The molecule has 4 nitrogen and oxygen atoms in total. The van der Waals surface area contributed by atoms with E-state index in [0.29, 0.717) is 6.42 Å². The highest BCUT2D eigenvalue weighted by atomic mass is 16.1. The van der Waals surface area contributed by atoms with E-state index in [1.54, 1.807) is 12.4 Å². The summed E-state index contributed by atoms with van der Waals surface area (Å²) >= 11 is 0. The van der Waals surface area contributed by atoms with Crippen molar-refractivity contribution in [3.8, 4) is 0 Å². The third-order valence-corrected chi connectivity index (χ3v) is 3.18. The first-order valence-corrected chi connectivity index (χ1v) is 5.58. The fraction of sp³-hybridized carbons (Fsp3) is 0.500. The van der Waals surface area contributed by atoms with E-state index in [1.165, 1.54) is 0 Å². The topological polar surface area (TPSA) is 68.0 Å². The monoisotopic (exact) mass is 219 g/mol. The van der Waals surface area contributed by atoms with Gasteiger partial charge in [-0.05, 0) is 37.8 Å². The van der Waals surface area contributed by atoms with Crippen LogP contribution in [-0.2, 0) is 4.79 Å². The van der Waals surface area contributed by atoms with Crippen molar-refractivity contribution in [2.75, 3.05) is 5.32 Å². The number of aryl methyl sites for hydroxylation is 1. The van der Waals surface area contributed by atoms with E-state index >= 15 is 0 Å². The number of pyridine rings is 1. The Kier molecular flexibility index (Phi) is 2.92. The Balaban J connectivity index is 1.95. The predicted octanol–water partition coefficient (Wildman–Crippen LogP) is 1.60. The highest BCUT2D eigenvalue weighted by Gasteiger charge is 2.34. The van der Waals surface area contributed by atoms with E-state index in [4.69, 9.17) is 5.73 Å². The third kappa shape index (κ3) is 2.39. The summed E-state index contributed by atoms with van der Waals surface area (Å²) < 4.78 is 0. The molecule has 2 rings (SSSR count). The number of nitrogens with one attached hydrogen (secondary N) is 1. The summed E-state index contributed by atoms with van der Waals surface area (Å²) in [5, 5.41) is 2.85. The molecule has 1 fully saturated rings. The molecule has 4 heteroatoms. The van der Waals surface area contributed by atoms with E-state index < -0.39 is 0 Å². The Hall–Kier alpha value is -1.42. The van der Waals surface area contributed by atoms with Crippen molar-refractivity contribution in [2.45, 2.75) is 38.1 Å². The van der Waals surface area contributed by atoms with Gasteiger partial charge in [0.2, 0.25) is 5.91 Å². The van der Waals surface area contributed by atoms with Crippen LogP contribution in [0.2, 0.25) is 0 Å². The number of hydrogen-bond donors (Lipinski definition) is 2. The lowest BCUT2D eigenvalue weighted by Crippen LogP contribution is -2.48. The number of amides is 1. The van der Waals surface area contributed by atoms with Gasteiger partial charge in [-0.25, -0.2) is 0 Å². The summed E-state index contributed by atoms with van der Waals surface area (Å²) in [7, 11) is 0. The van der Waals surface area contributed by atoms with Gasteiger partial charge in [0.25, 0.3) is 0 Å². The average Bonchev–Trinajstić information content (AvgIpc) is 2.19. The lowest BCUT2D eigenvalue weighted by atomic mass is 9.75. The van der Waals surface area contributed by atoms with Crippen LogP contribution in [0.4, 0.5) is 5.69 Å². The molecule has 0 bridgehead atoms.